The first kappa shape index (κ1) is 24.4. The zero-order valence-corrected chi connectivity index (χ0v) is 13.7. The van der Waals surface area contributed by atoms with E-state index in [9.17, 15) is 4.79 Å². The summed E-state index contributed by atoms with van der Waals surface area (Å²) in [5.74, 6) is -0.653. The van der Waals surface area contributed by atoms with Crippen molar-refractivity contribution in [2.75, 3.05) is 0 Å². The Morgan fingerprint density at radius 3 is 1.19 bits per heavy atom. The van der Waals surface area contributed by atoms with Crippen molar-refractivity contribution < 1.29 is 9.90 Å². The SMILES string of the molecule is CCCCCCCCCCCCCCCCCC(=O)O.[KH]. The van der Waals surface area contributed by atoms with E-state index in [0.29, 0.717) is 6.42 Å². The number of aliphatic carboxylic acids is 1. The zero-order valence-electron chi connectivity index (χ0n) is 13.7. The van der Waals surface area contributed by atoms with Crippen LogP contribution in [0.25, 0.3) is 0 Å². The molecule has 0 radical (unpaired) electrons. The Hall–Kier alpha value is 1.11. The van der Waals surface area contributed by atoms with Gasteiger partial charge >= 0.3 is 57.4 Å². The van der Waals surface area contributed by atoms with Gasteiger partial charge in [0, 0.05) is 6.42 Å². The van der Waals surface area contributed by atoms with Gasteiger partial charge in [0.15, 0.2) is 0 Å². The van der Waals surface area contributed by atoms with Gasteiger partial charge in [-0.1, -0.05) is 96.8 Å². The predicted octanol–water partition coefficient (Wildman–Crippen LogP) is 5.68. The van der Waals surface area contributed by atoms with E-state index in [-0.39, 0.29) is 51.4 Å². The van der Waals surface area contributed by atoms with Crippen LogP contribution in [0.2, 0.25) is 0 Å². The van der Waals surface area contributed by atoms with Crippen LogP contribution in [-0.2, 0) is 4.79 Å². The molecule has 2 nitrogen and oxygen atoms in total. The van der Waals surface area contributed by atoms with Crippen LogP contribution in [0.4, 0.5) is 0 Å². The number of rotatable bonds is 16. The molecule has 0 fully saturated rings. The molecule has 1 N–H and O–H groups in total. The fraction of sp³-hybridized carbons (Fsp3) is 0.944. The predicted molar refractivity (Wildman–Crippen MR) is 94.3 cm³/mol. The summed E-state index contributed by atoms with van der Waals surface area (Å²) in [4.78, 5) is 10.3. The first-order valence-electron chi connectivity index (χ1n) is 8.99. The summed E-state index contributed by atoms with van der Waals surface area (Å²) < 4.78 is 0. The van der Waals surface area contributed by atoms with E-state index in [1.165, 1.54) is 83.5 Å². The van der Waals surface area contributed by atoms with Crippen LogP contribution < -0.4 is 0 Å². The topological polar surface area (TPSA) is 37.3 Å². The van der Waals surface area contributed by atoms with E-state index in [4.69, 9.17) is 5.11 Å². The molecule has 0 aliphatic heterocycles. The van der Waals surface area contributed by atoms with Gasteiger partial charge in [-0.25, -0.2) is 0 Å². The fourth-order valence-corrected chi connectivity index (χ4v) is 2.65. The number of hydrogen-bond acceptors (Lipinski definition) is 1. The first-order chi connectivity index (χ1) is 9.77. The average molecular weight is 325 g/mol. The van der Waals surface area contributed by atoms with Gasteiger partial charge in [0.25, 0.3) is 0 Å². The van der Waals surface area contributed by atoms with Gasteiger partial charge in [0.1, 0.15) is 0 Å². The Labute approximate surface area is 175 Å². The van der Waals surface area contributed by atoms with Gasteiger partial charge in [-0.2, -0.15) is 0 Å². The Kier molecular flexibility index (Phi) is 24.5. The summed E-state index contributed by atoms with van der Waals surface area (Å²) in [5, 5.41) is 8.52. The standard InChI is InChI=1S/C18H36O2.K.H/c1-2-3-4-5-6-7-8-9-10-11-12-13-14-15-16-17-18(19)20;;/h2-17H2,1H3,(H,19,20);;. The number of carboxylic acid groups (broad SMARTS) is 1. The molecule has 0 heterocycles. The second-order valence-electron chi connectivity index (χ2n) is 6.09. The molecule has 0 unspecified atom stereocenters. The first-order valence-corrected chi connectivity index (χ1v) is 8.99. The van der Waals surface area contributed by atoms with Crippen molar-refractivity contribution in [1.82, 2.24) is 0 Å². The van der Waals surface area contributed by atoms with Crippen molar-refractivity contribution >= 4 is 57.4 Å². The van der Waals surface area contributed by atoms with Gasteiger partial charge in [-0.15, -0.1) is 0 Å². The Morgan fingerprint density at radius 2 is 0.905 bits per heavy atom. The molecule has 0 aliphatic rings. The van der Waals surface area contributed by atoms with Crippen LogP contribution in [0, 0.1) is 0 Å². The molecule has 0 spiro atoms. The van der Waals surface area contributed by atoms with E-state index in [2.05, 4.69) is 6.92 Å². The van der Waals surface area contributed by atoms with Crippen molar-refractivity contribution in [3.8, 4) is 0 Å². The molecule has 0 aromatic rings. The Bertz CT molecular complexity index is 207. The summed E-state index contributed by atoms with van der Waals surface area (Å²) >= 11 is 0. The van der Waals surface area contributed by atoms with E-state index < -0.39 is 5.97 Å². The third kappa shape index (κ3) is 23.5. The Balaban J connectivity index is 0. The fourth-order valence-electron chi connectivity index (χ4n) is 2.65. The molecule has 122 valence electrons. The summed E-state index contributed by atoms with van der Waals surface area (Å²) in [5.41, 5.74) is 0. The van der Waals surface area contributed by atoms with Crippen LogP contribution >= 0.6 is 0 Å². The van der Waals surface area contributed by atoms with Crippen LogP contribution in [-0.4, -0.2) is 62.5 Å². The summed E-state index contributed by atoms with van der Waals surface area (Å²) in [6.07, 6.45) is 20.2. The molecule has 21 heavy (non-hydrogen) atoms. The van der Waals surface area contributed by atoms with E-state index in [0.717, 1.165) is 12.8 Å². The number of hydrogen-bond donors (Lipinski definition) is 1. The maximum absolute atomic E-state index is 10.3. The summed E-state index contributed by atoms with van der Waals surface area (Å²) in [6.45, 7) is 2.27. The van der Waals surface area contributed by atoms with Gasteiger partial charge in [0.05, 0.1) is 0 Å². The number of unbranched alkanes of at least 4 members (excludes halogenated alkanes) is 14. The van der Waals surface area contributed by atoms with Crippen LogP contribution in [0.3, 0.4) is 0 Å². The molecule has 0 aromatic carbocycles. The molecule has 0 saturated heterocycles. The minimum atomic E-state index is -0.653. The Morgan fingerprint density at radius 1 is 0.619 bits per heavy atom. The molecule has 0 amide bonds. The average Bonchev–Trinajstić information content (AvgIpc) is 2.43. The van der Waals surface area contributed by atoms with Crippen molar-refractivity contribution in [3.63, 3.8) is 0 Å². The third-order valence-electron chi connectivity index (χ3n) is 3.99. The zero-order chi connectivity index (χ0) is 14.9. The van der Waals surface area contributed by atoms with Gasteiger partial charge < -0.3 is 5.11 Å². The maximum atomic E-state index is 10.3. The van der Waals surface area contributed by atoms with Gasteiger partial charge in [0.2, 0.25) is 0 Å². The molecular weight excluding hydrogens is 287 g/mol. The van der Waals surface area contributed by atoms with Gasteiger partial charge in [-0.05, 0) is 6.42 Å². The molecule has 0 bridgehead atoms. The van der Waals surface area contributed by atoms with Crippen molar-refractivity contribution in [2.24, 2.45) is 0 Å². The number of carboxylic acids is 1. The van der Waals surface area contributed by atoms with Crippen LogP contribution in [0.5, 0.6) is 0 Å². The molecule has 0 aromatic heterocycles. The monoisotopic (exact) mass is 324 g/mol. The molecule has 0 atom stereocenters. The van der Waals surface area contributed by atoms with Crippen molar-refractivity contribution in [2.45, 2.75) is 110 Å². The summed E-state index contributed by atoms with van der Waals surface area (Å²) in [6, 6.07) is 0. The number of carbonyl (C=O) groups is 1. The summed E-state index contributed by atoms with van der Waals surface area (Å²) in [7, 11) is 0. The second kappa shape index (κ2) is 21.1. The minimum absolute atomic E-state index is 0. The van der Waals surface area contributed by atoms with E-state index in [1.807, 2.05) is 0 Å². The second-order valence-corrected chi connectivity index (χ2v) is 6.09. The third-order valence-corrected chi connectivity index (χ3v) is 3.99. The molecule has 0 saturated carbocycles. The van der Waals surface area contributed by atoms with E-state index in [1.54, 1.807) is 0 Å². The van der Waals surface area contributed by atoms with Crippen LogP contribution in [0.15, 0.2) is 0 Å². The molecule has 3 heteroatoms. The molecular formula is C18H37KO2. The quantitative estimate of drug-likeness (QED) is 0.293. The van der Waals surface area contributed by atoms with Gasteiger partial charge in [-0.3, -0.25) is 4.79 Å². The molecule has 0 rings (SSSR count). The van der Waals surface area contributed by atoms with Crippen LogP contribution in [0.1, 0.15) is 110 Å². The van der Waals surface area contributed by atoms with E-state index >= 15 is 0 Å². The molecule has 0 aliphatic carbocycles. The van der Waals surface area contributed by atoms with Crippen molar-refractivity contribution in [1.29, 1.82) is 0 Å². The normalized spacial score (nSPS) is 10.3. The van der Waals surface area contributed by atoms with Crippen molar-refractivity contribution in [3.05, 3.63) is 0 Å².